The standard InChI is InChI=1S/C19H14N2OS3/c1-23-15(9-12-7-8-24-10-12)17-20-18(22)16-14(11-25-19(16)21-17)13-5-3-2-4-6-13/h2-11H,1H3,(H,20,21,22)/b15-9-. The topological polar surface area (TPSA) is 45.8 Å². The van der Waals surface area contributed by atoms with E-state index < -0.39 is 0 Å². The molecule has 1 N–H and O–H groups in total. The molecule has 0 radical (unpaired) electrons. The molecule has 0 aliphatic heterocycles. The summed E-state index contributed by atoms with van der Waals surface area (Å²) in [5.41, 5.74) is 3.00. The third-order valence-electron chi connectivity index (χ3n) is 3.82. The van der Waals surface area contributed by atoms with Gasteiger partial charge >= 0.3 is 0 Å². The average Bonchev–Trinajstić information content (AvgIpc) is 3.30. The Balaban J connectivity index is 1.85. The molecule has 0 saturated carbocycles. The summed E-state index contributed by atoms with van der Waals surface area (Å²) in [6.45, 7) is 0. The molecule has 3 heterocycles. The van der Waals surface area contributed by atoms with Crippen LogP contribution in [-0.4, -0.2) is 16.2 Å². The number of rotatable bonds is 4. The summed E-state index contributed by atoms with van der Waals surface area (Å²) < 4.78 is 0. The molecule has 0 atom stereocenters. The van der Waals surface area contributed by atoms with Crippen molar-refractivity contribution in [2.45, 2.75) is 0 Å². The summed E-state index contributed by atoms with van der Waals surface area (Å²) in [5.74, 6) is 0.623. The second-order valence-electron chi connectivity index (χ2n) is 5.38. The van der Waals surface area contributed by atoms with Crippen molar-refractivity contribution in [2.24, 2.45) is 0 Å². The molecule has 0 fully saturated rings. The van der Waals surface area contributed by atoms with E-state index in [1.807, 2.05) is 47.3 Å². The van der Waals surface area contributed by atoms with E-state index in [1.54, 1.807) is 23.1 Å². The van der Waals surface area contributed by atoms with Crippen LogP contribution in [0.4, 0.5) is 0 Å². The first-order valence-corrected chi connectivity index (χ1v) is 10.7. The van der Waals surface area contributed by atoms with Gasteiger partial charge in [0.05, 0.1) is 10.3 Å². The Bertz CT molecular complexity index is 1090. The van der Waals surface area contributed by atoms with Crippen LogP contribution in [0.5, 0.6) is 0 Å². The largest absolute Gasteiger partial charge is 0.305 e. The SMILES string of the molecule is CS/C(=C\c1ccsc1)c1nc2scc(-c3ccccc3)c2c(=O)[nH]1. The molecule has 4 rings (SSSR count). The van der Waals surface area contributed by atoms with Gasteiger partial charge in [-0.2, -0.15) is 11.3 Å². The fraction of sp³-hybridized carbons (Fsp3) is 0.0526. The Kier molecular flexibility index (Phi) is 4.57. The van der Waals surface area contributed by atoms with E-state index >= 15 is 0 Å². The van der Waals surface area contributed by atoms with E-state index in [4.69, 9.17) is 4.98 Å². The zero-order chi connectivity index (χ0) is 17.2. The van der Waals surface area contributed by atoms with Crippen molar-refractivity contribution in [1.29, 1.82) is 0 Å². The summed E-state index contributed by atoms with van der Waals surface area (Å²) in [6.07, 6.45) is 4.04. The number of H-pyrrole nitrogens is 1. The monoisotopic (exact) mass is 382 g/mol. The number of thiophene rings is 2. The van der Waals surface area contributed by atoms with Crippen molar-refractivity contribution in [3.63, 3.8) is 0 Å². The number of aromatic amines is 1. The molecule has 4 aromatic rings. The van der Waals surface area contributed by atoms with Crippen LogP contribution in [0.2, 0.25) is 0 Å². The number of nitrogens with one attached hydrogen (secondary N) is 1. The van der Waals surface area contributed by atoms with Crippen LogP contribution >= 0.6 is 34.4 Å². The van der Waals surface area contributed by atoms with Gasteiger partial charge in [-0.15, -0.1) is 23.1 Å². The van der Waals surface area contributed by atoms with Gasteiger partial charge in [-0.3, -0.25) is 4.79 Å². The fourth-order valence-electron chi connectivity index (χ4n) is 2.63. The summed E-state index contributed by atoms with van der Waals surface area (Å²) in [7, 11) is 0. The molecule has 0 unspecified atom stereocenters. The lowest BCUT2D eigenvalue weighted by Gasteiger charge is -2.04. The van der Waals surface area contributed by atoms with Crippen molar-refractivity contribution in [3.05, 3.63) is 74.3 Å². The summed E-state index contributed by atoms with van der Waals surface area (Å²) in [5, 5.41) is 6.78. The highest BCUT2D eigenvalue weighted by molar-refractivity contribution is 8.07. The number of aromatic nitrogens is 2. The highest BCUT2D eigenvalue weighted by Crippen LogP contribution is 2.32. The first kappa shape index (κ1) is 16.3. The predicted octanol–water partition coefficient (Wildman–Crippen LogP) is 5.57. The first-order valence-electron chi connectivity index (χ1n) is 7.61. The zero-order valence-electron chi connectivity index (χ0n) is 13.4. The molecular formula is C19H14N2OS3. The van der Waals surface area contributed by atoms with Crippen molar-refractivity contribution in [1.82, 2.24) is 9.97 Å². The number of nitrogens with zero attached hydrogens (tertiary/aromatic N) is 1. The lowest BCUT2D eigenvalue weighted by Crippen LogP contribution is -2.10. The minimum absolute atomic E-state index is 0.0922. The van der Waals surface area contributed by atoms with Gasteiger partial charge in [-0.25, -0.2) is 4.98 Å². The molecule has 6 heteroatoms. The zero-order valence-corrected chi connectivity index (χ0v) is 15.8. The average molecular weight is 383 g/mol. The third kappa shape index (κ3) is 3.20. The molecule has 0 saturated heterocycles. The Labute approximate surface area is 157 Å². The highest BCUT2D eigenvalue weighted by Gasteiger charge is 2.14. The molecule has 0 aliphatic carbocycles. The summed E-state index contributed by atoms with van der Waals surface area (Å²) in [4.78, 5) is 22.1. The van der Waals surface area contributed by atoms with E-state index in [2.05, 4.69) is 22.5 Å². The normalized spacial score (nSPS) is 12.0. The van der Waals surface area contributed by atoms with Crippen LogP contribution in [0, 0.1) is 0 Å². The van der Waals surface area contributed by atoms with Gasteiger partial charge < -0.3 is 4.98 Å². The van der Waals surface area contributed by atoms with Crippen molar-refractivity contribution >= 4 is 55.6 Å². The summed E-state index contributed by atoms with van der Waals surface area (Å²) in [6, 6.07) is 12.0. The molecule has 0 bridgehead atoms. The van der Waals surface area contributed by atoms with Gasteiger partial charge in [0.2, 0.25) is 0 Å². The lowest BCUT2D eigenvalue weighted by atomic mass is 10.1. The quantitative estimate of drug-likeness (QED) is 0.501. The predicted molar refractivity (Wildman–Crippen MR) is 111 cm³/mol. The molecule has 0 amide bonds. The summed E-state index contributed by atoms with van der Waals surface area (Å²) >= 11 is 4.74. The molecule has 3 nitrogen and oxygen atoms in total. The third-order valence-corrected chi connectivity index (χ3v) is 6.15. The molecule has 25 heavy (non-hydrogen) atoms. The smallest absolute Gasteiger partial charge is 0.260 e. The van der Waals surface area contributed by atoms with Crippen molar-refractivity contribution < 1.29 is 0 Å². The molecule has 3 aromatic heterocycles. The highest BCUT2D eigenvalue weighted by atomic mass is 32.2. The van der Waals surface area contributed by atoms with E-state index in [0.717, 1.165) is 26.4 Å². The van der Waals surface area contributed by atoms with E-state index in [9.17, 15) is 4.79 Å². The number of benzene rings is 1. The Hall–Kier alpha value is -2.15. The van der Waals surface area contributed by atoms with Crippen molar-refractivity contribution in [2.75, 3.05) is 6.26 Å². The minimum atomic E-state index is -0.0922. The second kappa shape index (κ2) is 7.00. The van der Waals surface area contributed by atoms with E-state index in [0.29, 0.717) is 11.2 Å². The fourth-order valence-corrected chi connectivity index (χ4v) is 4.74. The first-order chi connectivity index (χ1) is 12.3. The van der Waals surface area contributed by atoms with Gasteiger partial charge in [0, 0.05) is 10.9 Å². The molecule has 0 spiro atoms. The number of thioether (sulfide) groups is 1. The number of hydrogen-bond acceptors (Lipinski definition) is 5. The molecular weight excluding hydrogens is 368 g/mol. The Morgan fingerprint density at radius 1 is 1.20 bits per heavy atom. The van der Waals surface area contributed by atoms with Gasteiger partial charge in [-0.1, -0.05) is 30.3 Å². The van der Waals surface area contributed by atoms with Gasteiger partial charge in [0.25, 0.3) is 5.56 Å². The van der Waals surface area contributed by atoms with E-state index in [-0.39, 0.29) is 5.56 Å². The molecule has 1 aromatic carbocycles. The van der Waals surface area contributed by atoms with Crippen LogP contribution in [-0.2, 0) is 0 Å². The second-order valence-corrected chi connectivity index (χ2v) is 7.87. The van der Waals surface area contributed by atoms with Crippen LogP contribution in [0.3, 0.4) is 0 Å². The molecule has 0 aliphatic rings. The van der Waals surface area contributed by atoms with Gasteiger partial charge in [0.1, 0.15) is 10.7 Å². The minimum Gasteiger partial charge on any atom is -0.305 e. The van der Waals surface area contributed by atoms with Crippen LogP contribution < -0.4 is 5.56 Å². The van der Waals surface area contributed by atoms with Crippen LogP contribution in [0.25, 0.3) is 32.3 Å². The van der Waals surface area contributed by atoms with Crippen molar-refractivity contribution in [3.8, 4) is 11.1 Å². The van der Waals surface area contributed by atoms with Crippen LogP contribution in [0.15, 0.2) is 57.3 Å². The van der Waals surface area contributed by atoms with Crippen LogP contribution in [0.1, 0.15) is 11.4 Å². The lowest BCUT2D eigenvalue weighted by molar-refractivity contribution is 1.15. The maximum Gasteiger partial charge on any atom is 0.260 e. The van der Waals surface area contributed by atoms with E-state index in [1.165, 1.54) is 11.3 Å². The number of fused-ring (bicyclic) bond motifs is 1. The Morgan fingerprint density at radius 2 is 2.04 bits per heavy atom. The van der Waals surface area contributed by atoms with Gasteiger partial charge in [-0.05, 0) is 40.3 Å². The van der Waals surface area contributed by atoms with Gasteiger partial charge in [0.15, 0.2) is 0 Å². The maximum absolute atomic E-state index is 12.8. The maximum atomic E-state index is 12.8. The molecule has 124 valence electrons. The number of hydrogen-bond donors (Lipinski definition) is 1. The Morgan fingerprint density at radius 3 is 2.76 bits per heavy atom.